The van der Waals surface area contributed by atoms with Crippen molar-refractivity contribution < 1.29 is 14.6 Å². The van der Waals surface area contributed by atoms with Crippen LogP contribution in [0.3, 0.4) is 0 Å². The largest absolute Gasteiger partial charge is 0.510 e. The number of aliphatic hydroxyl groups is 1. The molecule has 6 rings (SSSR count). The Hall–Kier alpha value is -4.10. The molecule has 0 atom stereocenters. The highest BCUT2D eigenvalue weighted by molar-refractivity contribution is 7.11. The molecule has 1 aromatic heterocycles. The number of aliphatic hydroxyl groups excluding tert-OH is 1. The molecule has 0 amide bonds. The average molecular weight is 468 g/mol. The Bertz CT molecular complexity index is 1410. The molecule has 0 unspecified atom stereocenters. The summed E-state index contributed by atoms with van der Waals surface area (Å²) >= 11 is 1.44. The highest BCUT2D eigenvalue weighted by Gasteiger charge is 2.30. The molecule has 2 aliphatic heterocycles. The number of fused-ring (bicyclic) bond motifs is 1. The molecule has 0 bridgehead atoms. The molecule has 3 heterocycles. The van der Waals surface area contributed by atoms with Gasteiger partial charge in [-0.05, 0) is 28.8 Å². The first kappa shape index (κ1) is 20.5. The van der Waals surface area contributed by atoms with E-state index >= 15 is 0 Å². The highest BCUT2D eigenvalue weighted by Crippen LogP contribution is 2.36. The van der Waals surface area contributed by atoms with Gasteiger partial charge < -0.3 is 19.5 Å². The van der Waals surface area contributed by atoms with E-state index in [1.165, 1.54) is 16.9 Å². The highest BCUT2D eigenvalue weighted by atomic mass is 32.1. The van der Waals surface area contributed by atoms with Crippen LogP contribution in [0.4, 0.5) is 0 Å². The van der Waals surface area contributed by atoms with E-state index in [1.807, 2.05) is 46.7 Å². The second-order valence-electron chi connectivity index (χ2n) is 8.20. The van der Waals surface area contributed by atoms with Gasteiger partial charge >= 0.3 is 0 Å². The number of benzene rings is 3. The first-order valence-corrected chi connectivity index (χ1v) is 11.8. The number of nitrogens with zero attached hydrogens (tertiary/aromatic N) is 2. The summed E-state index contributed by atoms with van der Waals surface area (Å²) in [6, 6.07) is 24.3. The zero-order chi connectivity index (χ0) is 23.1. The summed E-state index contributed by atoms with van der Waals surface area (Å²) in [4.78, 5) is 6.58. The molecule has 2 N–H and O–H groups in total. The summed E-state index contributed by atoms with van der Waals surface area (Å²) in [5.74, 6) is 1.89. The minimum absolute atomic E-state index is 0.172. The molecule has 0 fully saturated rings. The molecule has 0 spiro atoms. The fraction of sp³-hybridized carbons (Fsp3) is 0.111. The lowest BCUT2D eigenvalue weighted by Crippen LogP contribution is -2.26. The quantitative estimate of drug-likeness (QED) is 0.378. The fourth-order valence-electron chi connectivity index (χ4n) is 4.24. The van der Waals surface area contributed by atoms with Crippen molar-refractivity contribution in [2.45, 2.75) is 6.54 Å². The molecule has 3 aromatic carbocycles. The minimum atomic E-state index is 0.172. The van der Waals surface area contributed by atoms with Crippen LogP contribution in [-0.4, -0.2) is 34.2 Å². The van der Waals surface area contributed by atoms with E-state index in [2.05, 4.69) is 36.4 Å². The van der Waals surface area contributed by atoms with Gasteiger partial charge in [0.05, 0.1) is 17.8 Å². The second-order valence-corrected chi connectivity index (χ2v) is 9.05. The lowest BCUT2D eigenvalue weighted by atomic mass is 10.0. The molecular formula is C27H21N3O3S. The van der Waals surface area contributed by atoms with Gasteiger partial charge in [-0.2, -0.15) is 0 Å². The third-order valence-corrected chi connectivity index (χ3v) is 6.86. The zero-order valence-electron chi connectivity index (χ0n) is 18.2. The van der Waals surface area contributed by atoms with Crippen molar-refractivity contribution in [1.29, 1.82) is 5.41 Å². The van der Waals surface area contributed by atoms with Crippen molar-refractivity contribution in [3.05, 3.63) is 94.5 Å². The first-order valence-electron chi connectivity index (χ1n) is 10.9. The zero-order valence-corrected chi connectivity index (χ0v) is 19.0. The van der Waals surface area contributed by atoms with Crippen molar-refractivity contribution in [3.8, 4) is 33.9 Å². The third-order valence-electron chi connectivity index (χ3n) is 6.00. The van der Waals surface area contributed by atoms with Gasteiger partial charge in [-0.1, -0.05) is 60.7 Å². The van der Waals surface area contributed by atoms with Crippen molar-refractivity contribution in [3.63, 3.8) is 0 Å². The van der Waals surface area contributed by atoms with Gasteiger partial charge in [-0.15, -0.1) is 11.3 Å². The second kappa shape index (κ2) is 8.35. The van der Waals surface area contributed by atoms with Gasteiger partial charge in [-0.25, -0.2) is 4.98 Å². The lowest BCUT2D eigenvalue weighted by molar-refractivity contribution is 0.174. The lowest BCUT2D eigenvalue weighted by Gasteiger charge is -2.18. The van der Waals surface area contributed by atoms with Gasteiger partial charge in [0, 0.05) is 17.5 Å². The summed E-state index contributed by atoms with van der Waals surface area (Å²) in [6.07, 6.45) is 0. The summed E-state index contributed by atoms with van der Waals surface area (Å²) in [7, 11) is 0. The third kappa shape index (κ3) is 3.70. The summed E-state index contributed by atoms with van der Waals surface area (Å²) in [5, 5.41) is 22.0. The smallest absolute Gasteiger partial charge is 0.231 e. The Balaban J connectivity index is 1.19. The number of aromatic nitrogens is 1. The number of hydrogen-bond donors (Lipinski definition) is 2. The van der Waals surface area contributed by atoms with Crippen LogP contribution < -0.4 is 9.47 Å². The van der Waals surface area contributed by atoms with Crippen LogP contribution in [0.1, 0.15) is 10.6 Å². The summed E-state index contributed by atoms with van der Waals surface area (Å²) in [6.45, 7) is 0.998. The van der Waals surface area contributed by atoms with Crippen LogP contribution in [-0.2, 0) is 6.54 Å². The first-order chi connectivity index (χ1) is 16.7. The Morgan fingerprint density at radius 3 is 2.47 bits per heavy atom. The minimum Gasteiger partial charge on any atom is -0.510 e. The maximum absolute atomic E-state index is 10.7. The standard InChI is InChI=1S/C27H21N3O3S/c28-26-25(22(31)14-30(26)13-17-6-11-23-24(12-17)33-16-32-23)27-29-21(15-34-27)20-9-7-19(8-10-20)18-4-2-1-3-5-18/h1-12,15,28,31H,13-14,16H2. The molecule has 0 saturated carbocycles. The Morgan fingerprint density at radius 1 is 0.912 bits per heavy atom. The normalized spacial score (nSPS) is 14.8. The number of rotatable bonds is 5. The molecule has 0 saturated heterocycles. The van der Waals surface area contributed by atoms with Crippen LogP contribution >= 0.6 is 11.3 Å². The molecule has 0 aliphatic carbocycles. The molecule has 4 aromatic rings. The van der Waals surface area contributed by atoms with Gasteiger partial charge in [0.25, 0.3) is 0 Å². The average Bonchev–Trinajstić information content (AvgIpc) is 3.59. The SMILES string of the molecule is N=C1C(c2nc(-c3ccc(-c4ccccc4)cc3)cs2)=C(O)CN1Cc1ccc2c(c1)OCO2. The maximum Gasteiger partial charge on any atom is 0.231 e. The molecule has 0 radical (unpaired) electrons. The fourth-order valence-corrected chi connectivity index (χ4v) is 5.13. The Kier molecular flexibility index (Phi) is 5.04. The number of hydrogen-bond acceptors (Lipinski definition) is 6. The van der Waals surface area contributed by atoms with E-state index in [4.69, 9.17) is 19.9 Å². The number of nitrogens with one attached hydrogen (secondary N) is 1. The van der Waals surface area contributed by atoms with Crippen LogP contribution in [0.15, 0.2) is 83.9 Å². The molecular weight excluding hydrogens is 446 g/mol. The van der Waals surface area contributed by atoms with E-state index < -0.39 is 0 Å². The van der Waals surface area contributed by atoms with Crippen LogP contribution in [0.2, 0.25) is 0 Å². The van der Waals surface area contributed by atoms with Gasteiger partial charge in [0.2, 0.25) is 6.79 Å². The molecule has 7 heteroatoms. The molecule has 6 nitrogen and oxygen atoms in total. The maximum atomic E-state index is 10.7. The van der Waals surface area contributed by atoms with Gasteiger partial charge in [0.1, 0.15) is 16.6 Å². The topological polar surface area (TPSA) is 78.7 Å². The van der Waals surface area contributed by atoms with E-state index in [-0.39, 0.29) is 24.9 Å². The van der Waals surface area contributed by atoms with E-state index in [1.54, 1.807) is 0 Å². The number of thiazole rings is 1. The molecule has 34 heavy (non-hydrogen) atoms. The van der Waals surface area contributed by atoms with E-state index in [9.17, 15) is 5.11 Å². The van der Waals surface area contributed by atoms with Gasteiger partial charge in [-0.3, -0.25) is 5.41 Å². The number of amidine groups is 1. The predicted molar refractivity (Wildman–Crippen MR) is 133 cm³/mol. The molecule has 2 aliphatic rings. The van der Waals surface area contributed by atoms with E-state index in [0.717, 1.165) is 28.1 Å². The summed E-state index contributed by atoms with van der Waals surface area (Å²) < 4.78 is 10.8. The van der Waals surface area contributed by atoms with Crippen molar-refractivity contribution in [2.75, 3.05) is 13.3 Å². The van der Waals surface area contributed by atoms with Crippen molar-refractivity contribution in [2.24, 2.45) is 0 Å². The molecule has 168 valence electrons. The summed E-state index contributed by atoms with van der Waals surface area (Å²) in [5.41, 5.74) is 5.65. The monoisotopic (exact) mass is 467 g/mol. The Labute approximate surface area is 200 Å². The number of ether oxygens (including phenoxy) is 2. The van der Waals surface area contributed by atoms with Crippen LogP contribution in [0.5, 0.6) is 11.5 Å². The van der Waals surface area contributed by atoms with Crippen molar-refractivity contribution >= 4 is 22.7 Å². The van der Waals surface area contributed by atoms with Crippen molar-refractivity contribution in [1.82, 2.24) is 9.88 Å². The van der Waals surface area contributed by atoms with E-state index in [0.29, 0.717) is 22.9 Å². The van der Waals surface area contributed by atoms with Gasteiger partial charge in [0.15, 0.2) is 11.5 Å². The Morgan fingerprint density at radius 2 is 1.65 bits per heavy atom. The van der Waals surface area contributed by atoms with Crippen LogP contribution in [0.25, 0.3) is 28.0 Å². The predicted octanol–water partition coefficient (Wildman–Crippen LogP) is 5.97. The van der Waals surface area contributed by atoms with Crippen LogP contribution in [0, 0.1) is 5.41 Å².